The van der Waals surface area contributed by atoms with Crippen LogP contribution < -0.4 is 5.32 Å². The third kappa shape index (κ3) is 3.23. The summed E-state index contributed by atoms with van der Waals surface area (Å²) in [7, 11) is 1.99. The van der Waals surface area contributed by atoms with Crippen molar-refractivity contribution in [3.8, 4) is 0 Å². The van der Waals surface area contributed by atoms with Crippen LogP contribution in [0.15, 0.2) is 34.5 Å². The quantitative estimate of drug-likeness (QED) is 0.764. The molecule has 1 unspecified atom stereocenters. The van der Waals surface area contributed by atoms with E-state index in [1.807, 2.05) is 13.3 Å². The Kier molecular flexibility index (Phi) is 4.87. The van der Waals surface area contributed by atoms with Gasteiger partial charge in [0.05, 0.1) is 18.9 Å². The Morgan fingerprint density at radius 2 is 2.29 bits per heavy atom. The lowest BCUT2D eigenvalue weighted by Gasteiger charge is -2.24. The maximum atomic E-state index is 5.44. The highest BCUT2D eigenvalue weighted by molar-refractivity contribution is 14.1. The first-order chi connectivity index (χ1) is 8.22. The lowest BCUT2D eigenvalue weighted by molar-refractivity contribution is 0.220. The van der Waals surface area contributed by atoms with Gasteiger partial charge in [-0.05, 0) is 71.8 Å². The molecule has 0 bridgehead atoms. The van der Waals surface area contributed by atoms with Gasteiger partial charge in [0.25, 0.3) is 0 Å². The van der Waals surface area contributed by atoms with Gasteiger partial charge in [-0.3, -0.25) is 0 Å². The zero-order valence-electron chi connectivity index (χ0n) is 9.67. The molecule has 1 atom stereocenters. The van der Waals surface area contributed by atoms with Crippen molar-refractivity contribution in [1.82, 2.24) is 5.32 Å². The lowest BCUT2D eigenvalue weighted by atomic mass is 9.95. The average molecular weight is 408 g/mol. The van der Waals surface area contributed by atoms with E-state index in [2.05, 4.69) is 62.0 Å². The van der Waals surface area contributed by atoms with E-state index in [4.69, 9.17) is 4.74 Å². The van der Waals surface area contributed by atoms with E-state index in [1.165, 1.54) is 14.7 Å². The maximum absolute atomic E-state index is 5.44. The molecule has 1 aliphatic heterocycles. The zero-order valence-corrected chi connectivity index (χ0v) is 13.4. The highest BCUT2D eigenvalue weighted by Gasteiger charge is 2.19. The Morgan fingerprint density at radius 1 is 1.47 bits per heavy atom. The highest BCUT2D eigenvalue weighted by Crippen LogP contribution is 2.32. The molecule has 0 amide bonds. The number of halogens is 2. The van der Waals surface area contributed by atoms with Gasteiger partial charge in [-0.1, -0.05) is 15.9 Å². The largest absolute Gasteiger partial charge is 0.501 e. The molecule has 2 rings (SSSR count). The van der Waals surface area contributed by atoms with E-state index < -0.39 is 0 Å². The molecule has 0 saturated carbocycles. The summed E-state index contributed by atoms with van der Waals surface area (Å²) in [5.74, 6) is 0. The van der Waals surface area contributed by atoms with Gasteiger partial charge in [0.2, 0.25) is 0 Å². The molecule has 1 N–H and O–H groups in total. The third-order valence-corrected chi connectivity index (χ3v) is 4.28. The standard InChI is InChI=1S/C13H15BrINO/c1-16-13(9-3-2-6-17-8-9)11-7-10(15)4-5-12(11)14/h4-5,7-8,13,16H,2-3,6H2,1H3. The van der Waals surface area contributed by atoms with Gasteiger partial charge in [0.1, 0.15) is 0 Å². The molecule has 2 nitrogen and oxygen atoms in total. The Bertz CT molecular complexity index is 433. The van der Waals surface area contributed by atoms with Crippen LogP contribution in [0.2, 0.25) is 0 Å². The summed E-state index contributed by atoms with van der Waals surface area (Å²) in [4.78, 5) is 0. The normalized spacial score (nSPS) is 17.2. The first kappa shape index (κ1) is 13.4. The van der Waals surface area contributed by atoms with Crippen molar-refractivity contribution in [2.75, 3.05) is 13.7 Å². The molecular formula is C13H15BrINO. The summed E-state index contributed by atoms with van der Waals surface area (Å²) in [6.07, 6.45) is 4.12. The fourth-order valence-electron chi connectivity index (χ4n) is 2.07. The molecule has 1 aromatic rings. The second kappa shape index (κ2) is 6.20. The van der Waals surface area contributed by atoms with Crippen LogP contribution in [0.5, 0.6) is 0 Å². The van der Waals surface area contributed by atoms with E-state index in [1.54, 1.807) is 0 Å². The molecule has 4 heteroatoms. The summed E-state index contributed by atoms with van der Waals surface area (Å²) in [6.45, 7) is 0.841. The fourth-order valence-corrected chi connectivity index (χ4v) is 3.06. The minimum atomic E-state index is 0.236. The van der Waals surface area contributed by atoms with E-state index in [0.717, 1.165) is 23.9 Å². The summed E-state index contributed by atoms with van der Waals surface area (Å²) in [5.41, 5.74) is 2.60. The SMILES string of the molecule is CNC(C1=COCCC1)c1cc(I)ccc1Br. The van der Waals surface area contributed by atoms with Gasteiger partial charge in [0.15, 0.2) is 0 Å². The minimum absolute atomic E-state index is 0.236. The van der Waals surface area contributed by atoms with Gasteiger partial charge in [-0.2, -0.15) is 0 Å². The smallest absolute Gasteiger partial charge is 0.0876 e. The van der Waals surface area contributed by atoms with Gasteiger partial charge >= 0.3 is 0 Å². The fraction of sp³-hybridized carbons (Fsp3) is 0.385. The molecule has 1 aromatic carbocycles. The van der Waals surface area contributed by atoms with Crippen LogP contribution in [0.1, 0.15) is 24.4 Å². The Balaban J connectivity index is 2.34. The van der Waals surface area contributed by atoms with E-state index >= 15 is 0 Å². The van der Waals surface area contributed by atoms with Crippen LogP contribution in [-0.4, -0.2) is 13.7 Å². The first-order valence-corrected chi connectivity index (χ1v) is 7.52. The summed E-state index contributed by atoms with van der Waals surface area (Å²) in [6, 6.07) is 6.65. The van der Waals surface area contributed by atoms with Crippen LogP contribution in [0.4, 0.5) is 0 Å². The molecule has 0 aliphatic carbocycles. The number of ether oxygens (including phenoxy) is 1. The van der Waals surface area contributed by atoms with Crippen molar-refractivity contribution in [2.45, 2.75) is 18.9 Å². The monoisotopic (exact) mass is 407 g/mol. The Morgan fingerprint density at radius 3 is 2.94 bits per heavy atom. The van der Waals surface area contributed by atoms with E-state index in [-0.39, 0.29) is 6.04 Å². The van der Waals surface area contributed by atoms with Crippen molar-refractivity contribution in [1.29, 1.82) is 0 Å². The van der Waals surface area contributed by atoms with E-state index in [9.17, 15) is 0 Å². The molecule has 0 saturated heterocycles. The van der Waals surface area contributed by atoms with Gasteiger partial charge in [-0.25, -0.2) is 0 Å². The van der Waals surface area contributed by atoms with Crippen LogP contribution in [0.3, 0.4) is 0 Å². The summed E-state index contributed by atoms with van der Waals surface area (Å²) < 4.78 is 7.83. The molecule has 1 heterocycles. The minimum Gasteiger partial charge on any atom is -0.501 e. The zero-order chi connectivity index (χ0) is 12.3. The summed E-state index contributed by atoms with van der Waals surface area (Å²) in [5, 5.41) is 3.37. The Hall–Kier alpha value is -0.0700. The predicted octanol–water partition coefficient (Wildman–Crippen LogP) is 4.01. The van der Waals surface area contributed by atoms with Crippen LogP contribution in [0, 0.1) is 3.57 Å². The molecule has 0 radical (unpaired) electrons. The van der Waals surface area contributed by atoms with Crippen molar-refractivity contribution >= 4 is 38.5 Å². The molecule has 92 valence electrons. The van der Waals surface area contributed by atoms with Crippen LogP contribution >= 0.6 is 38.5 Å². The highest BCUT2D eigenvalue weighted by atomic mass is 127. The third-order valence-electron chi connectivity index (χ3n) is 2.89. The predicted molar refractivity (Wildman–Crippen MR) is 81.9 cm³/mol. The lowest BCUT2D eigenvalue weighted by Crippen LogP contribution is -2.21. The summed E-state index contributed by atoms with van der Waals surface area (Å²) >= 11 is 5.97. The van der Waals surface area contributed by atoms with Crippen LogP contribution in [0.25, 0.3) is 0 Å². The van der Waals surface area contributed by atoms with Crippen molar-refractivity contribution < 1.29 is 4.74 Å². The van der Waals surface area contributed by atoms with Crippen molar-refractivity contribution in [3.63, 3.8) is 0 Å². The van der Waals surface area contributed by atoms with Crippen molar-refractivity contribution in [3.05, 3.63) is 43.6 Å². The molecule has 0 fully saturated rings. The van der Waals surface area contributed by atoms with E-state index in [0.29, 0.717) is 0 Å². The van der Waals surface area contributed by atoms with Crippen molar-refractivity contribution in [2.24, 2.45) is 0 Å². The average Bonchev–Trinajstić information content (AvgIpc) is 2.36. The second-order valence-electron chi connectivity index (χ2n) is 4.05. The molecule has 1 aliphatic rings. The number of benzene rings is 1. The van der Waals surface area contributed by atoms with Crippen LogP contribution in [-0.2, 0) is 4.74 Å². The second-order valence-corrected chi connectivity index (χ2v) is 6.15. The van der Waals surface area contributed by atoms with Gasteiger partial charge in [0, 0.05) is 8.04 Å². The first-order valence-electron chi connectivity index (χ1n) is 5.65. The maximum Gasteiger partial charge on any atom is 0.0876 e. The molecule has 17 heavy (non-hydrogen) atoms. The molecule has 0 aromatic heterocycles. The number of likely N-dealkylation sites (N-methyl/N-ethyl adjacent to an activating group) is 1. The Labute approximate surface area is 124 Å². The van der Waals surface area contributed by atoms with Gasteiger partial charge in [-0.15, -0.1) is 0 Å². The topological polar surface area (TPSA) is 21.3 Å². The number of hydrogen-bond donors (Lipinski definition) is 1. The molecule has 0 spiro atoms. The number of nitrogens with one attached hydrogen (secondary N) is 1. The molecular weight excluding hydrogens is 393 g/mol. The number of rotatable bonds is 3. The number of hydrogen-bond acceptors (Lipinski definition) is 2. The van der Waals surface area contributed by atoms with Gasteiger partial charge < -0.3 is 10.1 Å².